The van der Waals surface area contributed by atoms with Gasteiger partial charge in [0.05, 0.1) is 26.2 Å². The minimum absolute atomic E-state index is 0.0396. The zero-order valence-electron chi connectivity index (χ0n) is 24.1. The molecule has 1 aromatic heterocycles. The molecule has 0 radical (unpaired) electrons. The number of H-pyrrole nitrogens is 1. The number of nitrogens with one attached hydrogen (secondary N) is 4. The minimum Gasteiger partial charge on any atom is -0.350 e. The molecule has 1 saturated heterocycles. The van der Waals surface area contributed by atoms with E-state index in [1.165, 1.54) is 40.8 Å². The van der Waals surface area contributed by atoms with Crippen molar-refractivity contribution in [2.24, 2.45) is 5.92 Å². The van der Waals surface area contributed by atoms with Crippen molar-refractivity contribution in [1.82, 2.24) is 24.7 Å². The van der Waals surface area contributed by atoms with E-state index in [0.29, 0.717) is 31.6 Å². The van der Waals surface area contributed by atoms with Gasteiger partial charge in [0.2, 0.25) is 15.9 Å². The number of halogens is 2. The van der Waals surface area contributed by atoms with Gasteiger partial charge in [-0.3, -0.25) is 19.5 Å². The van der Waals surface area contributed by atoms with Crippen molar-refractivity contribution < 1.29 is 22.8 Å². The Bertz CT molecular complexity index is 1620. The van der Waals surface area contributed by atoms with Crippen molar-refractivity contribution in [3.05, 3.63) is 82.1 Å². The minimum atomic E-state index is -3.80. The van der Waals surface area contributed by atoms with Crippen molar-refractivity contribution in [2.75, 3.05) is 50.9 Å². The molecule has 1 aliphatic rings. The first-order valence-corrected chi connectivity index (χ1v) is 15.9. The lowest BCUT2D eigenvalue weighted by Crippen LogP contribution is -2.43. The Balaban J connectivity index is 1.33. The molecule has 12 nitrogen and oxygen atoms in total. The number of carbonyl (C=O) groups excluding carboxylic acids is 3. The largest absolute Gasteiger partial charge is 0.350 e. The predicted octanol–water partition coefficient (Wildman–Crippen LogP) is 3.86. The number of piperidine rings is 1. The highest BCUT2D eigenvalue weighted by Crippen LogP contribution is 2.27. The fraction of sp³-hybridized carbons (Fsp3) is 0.310. The summed E-state index contributed by atoms with van der Waals surface area (Å²) in [5.41, 5.74) is 0.647. The van der Waals surface area contributed by atoms with Crippen molar-refractivity contribution in [3.8, 4) is 0 Å². The van der Waals surface area contributed by atoms with Crippen LogP contribution in [0.25, 0.3) is 0 Å². The first kappa shape index (κ1) is 33.1. The van der Waals surface area contributed by atoms with Crippen LogP contribution < -0.4 is 16.0 Å². The molecule has 234 valence electrons. The van der Waals surface area contributed by atoms with E-state index in [1.807, 2.05) is 19.0 Å². The number of nitrogens with zero attached hydrogens (tertiary/aromatic N) is 3. The maximum absolute atomic E-state index is 13.4. The lowest BCUT2D eigenvalue weighted by atomic mass is 10.00. The number of likely N-dealkylation sites (N-methyl/N-ethyl adjacent to an activating group) is 1. The van der Waals surface area contributed by atoms with Gasteiger partial charge in [-0.05, 0) is 69.3 Å². The molecule has 1 unspecified atom stereocenters. The van der Waals surface area contributed by atoms with Crippen LogP contribution in [-0.2, 0) is 14.8 Å². The van der Waals surface area contributed by atoms with Gasteiger partial charge in [0.15, 0.2) is 5.69 Å². The van der Waals surface area contributed by atoms with Crippen LogP contribution in [0.2, 0.25) is 10.0 Å². The van der Waals surface area contributed by atoms with E-state index in [-0.39, 0.29) is 56.8 Å². The van der Waals surface area contributed by atoms with Crippen molar-refractivity contribution in [1.29, 1.82) is 0 Å². The lowest BCUT2D eigenvalue weighted by molar-refractivity contribution is -0.111. The molecule has 15 heteroatoms. The standard InChI is InChI=1S/C29H33Cl2N7O5S/c1-37(2)14-5-9-25(39)34-20-10-12-21(13-11-20)44(42,43)38-15-4-6-19(18-38)16-32-29(41)27-24(17-33-36-27)35-28(40)26-22(30)7-3-8-23(26)31/h3,5,7-13,17,19H,4,6,14-16,18H2,1-2H3,(H,32,41)(H,33,36)(H,34,39)(H,35,40)/b9-5+. The molecule has 1 fully saturated rings. The van der Waals surface area contributed by atoms with Crippen LogP contribution in [0, 0.1) is 5.92 Å². The highest BCUT2D eigenvalue weighted by Gasteiger charge is 2.31. The fourth-order valence-corrected chi connectivity index (χ4v) is 6.73. The van der Waals surface area contributed by atoms with E-state index < -0.39 is 21.8 Å². The molecular weight excluding hydrogens is 629 g/mol. The van der Waals surface area contributed by atoms with Gasteiger partial charge in [0, 0.05) is 44.1 Å². The monoisotopic (exact) mass is 661 g/mol. The highest BCUT2D eigenvalue weighted by molar-refractivity contribution is 7.89. The van der Waals surface area contributed by atoms with E-state index in [1.54, 1.807) is 24.3 Å². The highest BCUT2D eigenvalue weighted by atomic mass is 35.5. The summed E-state index contributed by atoms with van der Waals surface area (Å²) >= 11 is 12.2. The molecule has 3 amide bonds. The summed E-state index contributed by atoms with van der Waals surface area (Å²) in [5.74, 6) is -1.59. The van der Waals surface area contributed by atoms with Crippen molar-refractivity contribution >= 4 is 62.3 Å². The first-order chi connectivity index (χ1) is 21.0. The molecule has 0 aliphatic carbocycles. The quantitative estimate of drug-likeness (QED) is 0.227. The van der Waals surface area contributed by atoms with Gasteiger partial charge >= 0.3 is 0 Å². The Labute approximate surface area is 265 Å². The van der Waals surface area contributed by atoms with Crippen LogP contribution in [0.5, 0.6) is 0 Å². The number of anilines is 2. The zero-order chi connectivity index (χ0) is 31.9. The molecule has 0 spiro atoms. The van der Waals surface area contributed by atoms with E-state index in [2.05, 4.69) is 26.1 Å². The normalized spacial score (nSPS) is 15.8. The number of aromatic amines is 1. The zero-order valence-corrected chi connectivity index (χ0v) is 26.5. The average Bonchev–Trinajstić information content (AvgIpc) is 3.44. The summed E-state index contributed by atoms with van der Waals surface area (Å²) in [6, 6.07) is 10.7. The molecule has 4 rings (SSSR count). The average molecular weight is 663 g/mol. The van der Waals surface area contributed by atoms with E-state index in [9.17, 15) is 22.8 Å². The molecule has 1 aliphatic heterocycles. The number of rotatable bonds is 11. The van der Waals surface area contributed by atoms with Gasteiger partial charge < -0.3 is 20.9 Å². The third-order valence-electron chi connectivity index (χ3n) is 6.83. The van der Waals surface area contributed by atoms with E-state index in [0.717, 1.165) is 0 Å². The molecule has 3 aromatic rings. The number of aromatic nitrogens is 2. The number of hydrogen-bond acceptors (Lipinski definition) is 7. The SMILES string of the molecule is CN(C)C/C=C/C(=O)Nc1ccc(S(=O)(=O)N2CCCC(CNC(=O)c3n[nH]cc3NC(=O)c3c(Cl)cccc3Cl)C2)cc1. The van der Waals surface area contributed by atoms with Crippen LogP contribution in [-0.4, -0.2) is 85.8 Å². The first-order valence-electron chi connectivity index (χ1n) is 13.8. The van der Waals surface area contributed by atoms with Crippen LogP contribution >= 0.6 is 23.2 Å². The Morgan fingerprint density at radius 1 is 1.07 bits per heavy atom. The summed E-state index contributed by atoms with van der Waals surface area (Å²) in [6.45, 7) is 1.39. The maximum atomic E-state index is 13.4. The van der Waals surface area contributed by atoms with Crippen LogP contribution in [0.1, 0.15) is 33.7 Å². The second-order valence-corrected chi connectivity index (χ2v) is 13.2. The summed E-state index contributed by atoms with van der Waals surface area (Å²) in [4.78, 5) is 39.8. The van der Waals surface area contributed by atoms with Gasteiger partial charge in [-0.2, -0.15) is 9.40 Å². The predicted molar refractivity (Wildman–Crippen MR) is 170 cm³/mol. The topological polar surface area (TPSA) is 157 Å². The summed E-state index contributed by atoms with van der Waals surface area (Å²) in [7, 11) is -0.0137. The Morgan fingerprint density at radius 2 is 1.77 bits per heavy atom. The number of sulfonamides is 1. The molecule has 2 aromatic carbocycles. The third kappa shape index (κ3) is 8.45. The smallest absolute Gasteiger partial charge is 0.273 e. The van der Waals surface area contributed by atoms with Crippen molar-refractivity contribution in [3.63, 3.8) is 0 Å². The number of amides is 3. The third-order valence-corrected chi connectivity index (χ3v) is 9.34. The molecule has 4 N–H and O–H groups in total. The van der Waals surface area contributed by atoms with Gasteiger partial charge in [-0.15, -0.1) is 0 Å². The second-order valence-electron chi connectivity index (χ2n) is 10.5. The second kappa shape index (κ2) is 14.8. The number of hydrogen-bond donors (Lipinski definition) is 4. The molecular formula is C29H33Cl2N7O5S. The van der Waals surface area contributed by atoms with Gasteiger partial charge in [0.1, 0.15) is 0 Å². The van der Waals surface area contributed by atoms with E-state index in [4.69, 9.17) is 23.2 Å². The fourth-order valence-electron chi connectivity index (χ4n) is 4.60. The maximum Gasteiger partial charge on any atom is 0.273 e. The molecule has 44 heavy (non-hydrogen) atoms. The van der Waals surface area contributed by atoms with Crippen LogP contribution in [0.4, 0.5) is 11.4 Å². The summed E-state index contributed by atoms with van der Waals surface area (Å²) in [6.07, 6.45) is 5.86. The number of benzene rings is 2. The molecule has 2 heterocycles. The van der Waals surface area contributed by atoms with E-state index >= 15 is 0 Å². The molecule has 1 atom stereocenters. The Kier molecular flexibility index (Phi) is 11.2. The Morgan fingerprint density at radius 3 is 2.45 bits per heavy atom. The van der Waals surface area contributed by atoms with Gasteiger partial charge in [0.25, 0.3) is 11.8 Å². The summed E-state index contributed by atoms with van der Waals surface area (Å²) in [5, 5.41) is 15.0. The number of carbonyl (C=O) groups is 3. The summed E-state index contributed by atoms with van der Waals surface area (Å²) < 4.78 is 28.1. The van der Waals surface area contributed by atoms with Gasteiger partial charge in [-0.25, -0.2) is 8.42 Å². The van der Waals surface area contributed by atoms with Crippen LogP contribution in [0.15, 0.2) is 65.7 Å². The van der Waals surface area contributed by atoms with Crippen LogP contribution in [0.3, 0.4) is 0 Å². The molecule has 0 saturated carbocycles. The van der Waals surface area contributed by atoms with Gasteiger partial charge in [-0.1, -0.05) is 35.3 Å². The molecule has 0 bridgehead atoms. The van der Waals surface area contributed by atoms with Crippen molar-refractivity contribution in [2.45, 2.75) is 17.7 Å². The Hall–Kier alpha value is -3.75. The lowest BCUT2D eigenvalue weighted by Gasteiger charge is -2.32.